The SMILES string of the molecule is CC(=O)Nn1c(=O)c(=O)[nH]c2ccccc21. The Morgan fingerprint density at radius 1 is 1.31 bits per heavy atom. The lowest BCUT2D eigenvalue weighted by Gasteiger charge is -2.08. The summed E-state index contributed by atoms with van der Waals surface area (Å²) < 4.78 is 0.941. The Labute approximate surface area is 89.5 Å². The molecular weight excluding hydrogens is 210 g/mol. The summed E-state index contributed by atoms with van der Waals surface area (Å²) in [6.45, 7) is 1.27. The number of aromatic nitrogens is 2. The standard InChI is InChI=1S/C10H9N3O3/c1-6(14)12-13-8-5-3-2-4-7(8)11-9(15)10(13)16/h2-5H,1H3,(H,11,15)(H,12,14). The molecule has 0 aliphatic rings. The van der Waals surface area contributed by atoms with Gasteiger partial charge in [0.15, 0.2) is 0 Å². The number of hydrogen-bond donors (Lipinski definition) is 2. The highest BCUT2D eigenvalue weighted by Crippen LogP contribution is 2.05. The zero-order chi connectivity index (χ0) is 11.7. The van der Waals surface area contributed by atoms with Crippen molar-refractivity contribution in [1.82, 2.24) is 9.66 Å². The third-order valence-corrected chi connectivity index (χ3v) is 2.06. The molecule has 0 saturated heterocycles. The summed E-state index contributed by atoms with van der Waals surface area (Å²) in [5, 5.41) is 0. The van der Waals surface area contributed by atoms with Crippen molar-refractivity contribution < 1.29 is 4.79 Å². The van der Waals surface area contributed by atoms with Gasteiger partial charge in [-0.2, -0.15) is 0 Å². The summed E-state index contributed by atoms with van der Waals surface area (Å²) in [6, 6.07) is 6.70. The van der Waals surface area contributed by atoms with Gasteiger partial charge in [0.25, 0.3) is 0 Å². The molecule has 1 aromatic heterocycles. The van der Waals surface area contributed by atoms with Crippen LogP contribution in [0.25, 0.3) is 11.0 Å². The van der Waals surface area contributed by atoms with Crippen LogP contribution in [0.2, 0.25) is 0 Å². The van der Waals surface area contributed by atoms with E-state index in [1.165, 1.54) is 6.92 Å². The fourth-order valence-electron chi connectivity index (χ4n) is 1.43. The van der Waals surface area contributed by atoms with Crippen LogP contribution in [-0.2, 0) is 4.79 Å². The van der Waals surface area contributed by atoms with Crippen LogP contribution in [-0.4, -0.2) is 15.6 Å². The summed E-state index contributed by atoms with van der Waals surface area (Å²) in [6.07, 6.45) is 0. The van der Waals surface area contributed by atoms with Crippen LogP contribution < -0.4 is 16.5 Å². The van der Waals surface area contributed by atoms with Gasteiger partial charge in [-0.3, -0.25) is 19.8 Å². The van der Waals surface area contributed by atoms with Crippen LogP contribution in [0.5, 0.6) is 0 Å². The van der Waals surface area contributed by atoms with E-state index < -0.39 is 17.0 Å². The molecule has 0 atom stereocenters. The van der Waals surface area contributed by atoms with Crippen LogP contribution in [0, 0.1) is 0 Å². The van der Waals surface area contributed by atoms with Crippen molar-refractivity contribution >= 4 is 16.9 Å². The van der Waals surface area contributed by atoms with Gasteiger partial charge in [0, 0.05) is 6.92 Å². The Balaban J connectivity index is 2.87. The van der Waals surface area contributed by atoms with Gasteiger partial charge >= 0.3 is 11.1 Å². The van der Waals surface area contributed by atoms with Crippen LogP contribution in [0.4, 0.5) is 0 Å². The molecule has 6 heteroatoms. The highest BCUT2D eigenvalue weighted by molar-refractivity contribution is 5.84. The quantitative estimate of drug-likeness (QED) is 0.650. The van der Waals surface area contributed by atoms with Gasteiger partial charge in [-0.15, -0.1) is 0 Å². The molecule has 0 saturated carbocycles. The van der Waals surface area contributed by atoms with Crippen molar-refractivity contribution in [1.29, 1.82) is 0 Å². The number of nitrogens with zero attached hydrogens (tertiary/aromatic N) is 1. The molecule has 0 unspecified atom stereocenters. The molecule has 0 spiro atoms. The van der Waals surface area contributed by atoms with Crippen molar-refractivity contribution in [3.63, 3.8) is 0 Å². The number of fused-ring (bicyclic) bond motifs is 1. The lowest BCUT2D eigenvalue weighted by molar-refractivity contribution is -0.115. The normalized spacial score (nSPS) is 10.3. The number of amides is 1. The molecule has 0 radical (unpaired) electrons. The number of carbonyl (C=O) groups is 1. The van der Waals surface area contributed by atoms with E-state index in [1.54, 1.807) is 24.3 Å². The monoisotopic (exact) mass is 219 g/mol. The third kappa shape index (κ3) is 1.60. The molecule has 2 aromatic rings. The lowest BCUT2D eigenvalue weighted by atomic mass is 10.3. The van der Waals surface area contributed by atoms with Gasteiger partial charge in [0.2, 0.25) is 5.91 Å². The Morgan fingerprint density at radius 2 is 2.00 bits per heavy atom. The zero-order valence-corrected chi connectivity index (χ0v) is 8.48. The summed E-state index contributed by atoms with van der Waals surface area (Å²) >= 11 is 0. The number of H-pyrrole nitrogens is 1. The van der Waals surface area contributed by atoms with Gasteiger partial charge in [0.1, 0.15) is 0 Å². The predicted molar refractivity (Wildman–Crippen MR) is 58.9 cm³/mol. The van der Waals surface area contributed by atoms with E-state index >= 15 is 0 Å². The molecule has 2 rings (SSSR count). The number of para-hydroxylation sites is 2. The maximum atomic E-state index is 11.5. The van der Waals surface area contributed by atoms with Crippen molar-refractivity contribution in [3.8, 4) is 0 Å². The Bertz CT molecular complexity index is 669. The minimum absolute atomic E-state index is 0.419. The molecule has 0 aliphatic heterocycles. The van der Waals surface area contributed by atoms with Crippen LogP contribution in [0.3, 0.4) is 0 Å². The van der Waals surface area contributed by atoms with Crippen LogP contribution >= 0.6 is 0 Å². The van der Waals surface area contributed by atoms with Crippen molar-refractivity contribution in [2.24, 2.45) is 0 Å². The molecular formula is C10H9N3O3. The average molecular weight is 219 g/mol. The molecule has 1 heterocycles. The Kier molecular flexibility index (Phi) is 2.32. The number of rotatable bonds is 1. The molecule has 82 valence electrons. The topological polar surface area (TPSA) is 84.0 Å². The van der Waals surface area contributed by atoms with Crippen molar-refractivity contribution in [3.05, 3.63) is 45.0 Å². The van der Waals surface area contributed by atoms with Crippen LogP contribution in [0.15, 0.2) is 33.9 Å². The second-order valence-electron chi connectivity index (χ2n) is 3.28. The number of hydrogen-bond acceptors (Lipinski definition) is 3. The summed E-state index contributed by atoms with van der Waals surface area (Å²) in [4.78, 5) is 36.2. The molecule has 0 fully saturated rings. The molecule has 6 nitrogen and oxygen atoms in total. The summed E-state index contributed by atoms with van der Waals surface area (Å²) in [5.41, 5.74) is 1.65. The third-order valence-electron chi connectivity index (χ3n) is 2.06. The average Bonchev–Trinajstić information content (AvgIpc) is 2.24. The zero-order valence-electron chi connectivity index (χ0n) is 8.48. The van der Waals surface area contributed by atoms with Crippen molar-refractivity contribution in [2.45, 2.75) is 6.92 Å². The maximum Gasteiger partial charge on any atom is 0.335 e. The first-order valence-electron chi connectivity index (χ1n) is 4.61. The fraction of sp³-hybridized carbons (Fsp3) is 0.100. The van der Waals surface area contributed by atoms with E-state index in [9.17, 15) is 14.4 Å². The van der Waals surface area contributed by atoms with E-state index in [1.807, 2.05) is 0 Å². The largest absolute Gasteiger partial charge is 0.335 e. The smallest absolute Gasteiger partial charge is 0.316 e. The first-order chi connectivity index (χ1) is 7.59. The van der Waals surface area contributed by atoms with E-state index in [0.29, 0.717) is 11.0 Å². The molecule has 1 aromatic carbocycles. The van der Waals surface area contributed by atoms with Gasteiger partial charge in [-0.1, -0.05) is 12.1 Å². The highest BCUT2D eigenvalue weighted by Gasteiger charge is 2.07. The molecule has 0 bridgehead atoms. The van der Waals surface area contributed by atoms with Gasteiger partial charge < -0.3 is 4.98 Å². The summed E-state index contributed by atoms with van der Waals surface area (Å²) in [5.74, 6) is -0.419. The van der Waals surface area contributed by atoms with E-state index in [4.69, 9.17) is 0 Å². The van der Waals surface area contributed by atoms with E-state index in [0.717, 1.165) is 4.68 Å². The molecule has 1 amide bonds. The minimum atomic E-state index is -0.811. The number of nitrogens with one attached hydrogen (secondary N) is 2. The molecule has 2 N–H and O–H groups in total. The highest BCUT2D eigenvalue weighted by atomic mass is 16.2. The number of aromatic amines is 1. The number of benzene rings is 1. The summed E-state index contributed by atoms with van der Waals surface area (Å²) in [7, 11) is 0. The van der Waals surface area contributed by atoms with Gasteiger partial charge in [-0.05, 0) is 12.1 Å². The Morgan fingerprint density at radius 3 is 2.69 bits per heavy atom. The second kappa shape index (κ2) is 3.65. The van der Waals surface area contributed by atoms with Gasteiger partial charge in [-0.25, -0.2) is 4.68 Å². The maximum absolute atomic E-state index is 11.5. The molecule has 0 aliphatic carbocycles. The minimum Gasteiger partial charge on any atom is -0.316 e. The Hall–Kier alpha value is -2.37. The van der Waals surface area contributed by atoms with Gasteiger partial charge in [0.05, 0.1) is 11.0 Å². The second-order valence-corrected chi connectivity index (χ2v) is 3.28. The van der Waals surface area contributed by atoms with E-state index in [-0.39, 0.29) is 0 Å². The number of carbonyl (C=O) groups excluding carboxylic acids is 1. The van der Waals surface area contributed by atoms with Crippen LogP contribution in [0.1, 0.15) is 6.92 Å². The molecule has 16 heavy (non-hydrogen) atoms. The first-order valence-corrected chi connectivity index (χ1v) is 4.61. The predicted octanol–water partition coefficient (Wildman–Crippen LogP) is -0.220. The lowest BCUT2D eigenvalue weighted by Crippen LogP contribution is -2.41. The van der Waals surface area contributed by atoms with E-state index in [2.05, 4.69) is 10.4 Å². The first kappa shape index (κ1) is 10.2. The fourth-order valence-corrected chi connectivity index (χ4v) is 1.43. The van der Waals surface area contributed by atoms with Crippen molar-refractivity contribution in [2.75, 3.05) is 5.43 Å².